The summed E-state index contributed by atoms with van der Waals surface area (Å²) in [6.45, 7) is 8.72. The molecule has 0 amide bonds. The zero-order valence-corrected chi connectivity index (χ0v) is 20.1. The van der Waals surface area contributed by atoms with Gasteiger partial charge in [0, 0.05) is 4.90 Å². The van der Waals surface area contributed by atoms with E-state index in [9.17, 15) is 14.0 Å². The van der Waals surface area contributed by atoms with Gasteiger partial charge in [-0.2, -0.15) is 0 Å². The minimum Gasteiger partial charge on any atom is -0.282 e. The fourth-order valence-corrected chi connectivity index (χ4v) is 4.68. The Labute approximate surface area is 206 Å². The van der Waals surface area contributed by atoms with Crippen molar-refractivity contribution in [3.05, 3.63) is 109 Å². The molecule has 4 rings (SSSR count). The van der Waals surface area contributed by atoms with E-state index in [1.807, 2.05) is 60.7 Å². The van der Waals surface area contributed by atoms with E-state index >= 15 is 0 Å². The predicted molar refractivity (Wildman–Crippen MR) is 142 cm³/mol. The number of halogens is 1. The van der Waals surface area contributed by atoms with E-state index in [0.717, 1.165) is 61.4 Å². The smallest absolute Gasteiger partial charge is 0.219 e. The first-order valence-corrected chi connectivity index (χ1v) is 12.1. The van der Waals surface area contributed by atoms with Gasteiger partial charge in [0.2, 0.25) is 10.2 Å². The molecule has 0 aliphatic carbocycles. The van der Waals surface area contributed by atoms with Crippen LogP contribution in [-0.4, -0.2) is 10.2 Å². The van der Waals surface area contributed by atoms with Crippen molar-refractivity contribution in [2.24, 2.45) is 0 Å². The maximum absolute atomic E-state index is 14.6. The van der Waals surface area contributed by atoms with Crippen LogP contribution in [0.4, 0.5) is 4.39 Å². The third-order valence-electron chi connectivity index (χ3n) is 5.23. The molecule has 0 aliphatic rings. The Morgan fingerprint density at radius 1 is 0.765 bits per heavy atom. The van der Waals surface area contributed by atoms with Gasteiger partial charge in [-0.1, -0.05) is 55.6 Å². The fourth-order valence-electron chi connectivity index (χ4n) is 3.43. The van der Waals surface area contributed by atoms with Crippen LogP contribution in [0.25, 0.3) is 33.0 Å². The highest BCUT2D eigenvalue weighted by Crippen LogP contribution is 2.32. The van der Waals surface area contributed by atoms with Crippen LogP contribution in [0, 0.1) is 5.82 Å². The molecule has 0 saturated heterocycles. The molecule has 0 spiro atoms. The van der Waals surface area contributed by atoms with Crippen molar-refractivity contribution in [1.82, 2.24) is 0 Å². The second-order valence-corrected chi connectivity index (χ2v) is 9.83. The Morgan fingerprint density at radius 2 is 1.29 bits per heavy atom. The SMILES string of the molecule is C=CC(=O)Sc1ccc(-c2ccc3cc(-c4ccc(SC(=O)C(=C)C)c(F)c4)ccc3c2)cc1. The molecular formula is C29H21FO2S2. The molecule has 0 heterocycles. The Balaban J connectivity index is 1.57. The largest absolute Gasteiger partial charge is 0.282 e. The molecular weight excluding hydrogens is 463 g/mol. The highest BCUT2D eigenvalue weighted by molar-refractivity contribution is 8.14. The molecule has 0 unspecified atom stereocenters. The van der Waals surface area contributed by atoms with Crippen LogP contribution in [-0.2, 0) is 9.59 Å². The van der Waals surface area contributed by atoms with Crippen molar-refractivity contribution in [3.8, 4) is 22.3 Å². The predicted octanol–water partition coefficient (Wildman–Crippen LogP) is 8.31. The molecule has 0 N–H and O–H groups in total. The summed E-state index contributed by atoms with van der Waals surface area (Å²) >= 11 is 2.00. The van der Waals surface area contributed by atoms with Gasteiger partial charge in [-0.15, -0.1) is 0 Å². The van der Waals surface area contributed by atoms with Gasteiger partial charge in [-0.3, -0.25) is 9.59 Å². The number of rotatable bonds is 6. The average Bonchev–Trinajstić information content (AvgIpc) is 2.84. The first-order chi connectivity index (χ1) is 16.3. The maximum atomic E-state index is 14.6. The third-order valence-corrected chi connectivity index (χ3v) is 7.19. The number of hydrogen-bond donors (Lipinski definition) is 0. The number of benzene rings is 4. The highest BCUT2D eigenvalue weighted by atomic mass is 32.2. The van der Waals surface area contributed by atoms with Crippen molar-refractivity contribution < 1.29 is 14.0 Å². The van der Waals surface area contributed by atoms with Gasteiger partial charge in [0.25, 0.3) is 0 Å². The zero-order chi connectivity index (χ0) is 24.2. The maximum Gasteiger partial charge on any atom is 0.219 e. The lowest BCUT2D eigenvalue weighted by atomic mass is 9.98. The lowest BCUT2D eigenvalue weighted by molar-refractivity contribution is -0.108. The molecule has 0 saturated carbocycles. The molecule has 2 nitrogen and oxygen atoms in total. The number of carbonyl (C=O) groups is 2. The van der Waals surface area contributed by atoms with Crippen molar-refractivity contribution in [3.63, 3.8) is 0 Å². The van der Waals surface area contributed by atoms with E-state index in [4.69, 9.17) is 0 Å². The average molecular weight is 485 g/mol. The number of thioether (sulfide) groups is 2. The Hall–Kier alpha value is -3.41. The van der Waals surface area contributed by atoms with Crippen LogP contribution < -0.4 is 0 Å². The van der Waals surface area contributed by atoms with Gasteiger partial charge in [-0.25, -0.2) is 4.39 Å². The Bertz CT molecular complexity index is 1440. The number of carbonyl (C=O) groups excluding carboxylic acids is 2. The molecule has 168 valence electrons. The molecule has 0 aliphatic heterocycles. The summed E-state index contributed by atoms with van der Waals surface area (Å²) in [5.74, 6) is -0.427. The normalized spacial score (nSPS) is 10.8. The number of fused-ring (bicyclic) bond motifs is 1. The molecule has 0 atom stereocenters. The molecule has 4 aromatic carbocycles. The van der Waals surface area contributed by atoms with Crippen LogP contribution in [0.1, 0.15) is 6.92 Å². The van der Waals surface area contributed by atoms with Gasteiger partial charge in [-0.05, 0) is 112 Å². The lowest BCUT2D eigenvalue weighted by Crippen LogP contribution is -1.93. The van der Waals surface area contributed by atoms with Gasteiger partial charge in [0.15, 0.2) is 0 Å². The second-order valence-electron chi connectivity index (χ2n) is 7.74. The van der Waals surface area contributed by atoms with Gasteiger partial charge in [0.1, 0.15) is 5.82 Å². The van der Waals surface area contributed by atoms with Crippen LogP contribution in [0.5, 0.6) is 0 Å². The van der Waals surface area contributed by atoms with Crippen LogP contribution >= 0.6 is 23.5 Å². The highest BCUT2D eigenvalue weighted by Gasteiger charge is 2.12. The summed E-state index contributed by atoms with van der Waals surface area (Å²) in [5.41, 5.74) is 4.16. The quantitative estimate of drug-likeness (QED) is 0.204. The van der Waals surface area contributed by atoms with E-state index in [0.29, 0.717) is 10.5 Å². The van der Waals surface area contributed by atoms with E-state index in [1.54, 1.807) is 13.0 Å². The van der Waals surface area contributed by atoms with Crippen molar-refractivity contribution in [1.29, 1.82) is 0 Å². The van der Waals surface area contributed by atoms with Gasteiger partial charge >= 0.3 is 0 Å². The summed E-state index contributed by atoms with van der Waals surface area (Å²) in [6.07, 6.45) is 1.31. The zero-order valence-electron chi connectivity index (χ0n) is 18.5. The summed E-state index contributed by atoms with van der Waals surface area (Å²) in [4.78, 5) is 24.5. The van der Waals surface area contributed by atoms with Gasteiger partial charge < -0.3 is 0 Å². The summed E-state index contributed by atoms with van der Waals surface area (Å²) in [6, 6.07) is 25.0. The van der Waals surface area contributed by atoms with Crippen molar-refractivity contribution in [2.75, 3.05) is 0 Å². The van der Waals surface area contributed by atoms with Crippen LogP contribution in [0.3, 0.4) is 0 Å². The molecule has 5 heteroatoms. The van der Waals surface area contributed by atoms with Gasteiger partial charge in [0.05, 0.1) is 4.90 Å². The standard InChI is InChI=1S/C29H21FO2S2/c1-4-28(31)33-25-12-9-19(10-13-25)20-5-6-22-16-23(8-7-21(22)15-20)24-11-14-27(26(30)17-24)34-29(32)18(2)3/h4-17H,1-2H2,3H3. The fraction of sp³-hybridized carbons (Fsp3) is 0.0345. The van der Waals surface area contributed by atoms with Crippen LogP contribution in [0.2, 0.25) is 0 Å². The van der Waals surface area contributed by atoms with E-state index in [2.05, 4.69) is 19.2 Å². The van der Waals surface area contributed by atoms with Crippen molar-refractivity contribution in [2.45, 2.75) is 16.7 Å². The monoisotopic (exact) mass is 484 g/mol. The molecule has 0 radical (unpaired) electrons. The number of hydrogen-bond acceptors (Lipinski definition) is 4. The first kappa shape index (κ1) is 23.7. The summed E-state index contributed by atoms with van der Waals surface area (Å²) in [7, 11) is 0. The van der Waals surface area contributed by atoms with E-state index in [1.165, 1.54) is 12.1 Å². The first-order valence-electron chi connectivity index (χ1n) is 10.5. The van der Waals surface area contributed by atoms with E-state index < -0.39 is 5.82 Å². The molecule has 0 fully saturated rings. The second kappa shape index (κ2) is 10.2. The summed E-state index contributed by atoms with van der Waals surface area (Å²) in [5, 5.41) is 1.79. The molecule has 4 aromatic rings. The molecule has 0 bridgehead atoms. The Kier molecular flexibility index (Phi) is 7.15. The minimum atomic E-state index is -0.427. The topological polar surface area (TPSA) is 34.1 Å². The van der Waals surface area contributed by atoms with Crippen molar-refractivity contribution >= 4 is 44.5 Å². The lowest BCUT2D eigenvalue weighted by Gasteiger charge is -2.09. The minimum absolute atomic E-state index is 0.0807. The summed E-state index contributed by atoms with van der Waals surface area (Å²) < 4.78 is 14.6. The third kappa shape index (κ3) is 5.38. The molecule has 0 aromatic heterocycles. The molecule has 34 heavy (non-hydrogen) atoms. The van der Waals surface area contributed by atoms with E-state index in [-0.39, 0.29) is 10.2 Å². The van der Waals surface area contributed by atoms with Crippen LogP contribution in [0.15, 0.2) is 113 Å². The Morgan fingerprint density at radius 3 is 1.85 bits per heavy atom.